The lowest BCUT2D eigenvalue weighted by atomic mass is 10.2. The third-order valence-electron chi connectivity index (χ3n) is 6.26. The lowest BCUT2D eigenvalue weighted by Gasteiger charge is -2.16. The summed E-state index contributed by atoms with van der Waals surface area (Å²) in [6, 6.07) is 14.1. The summed E-state index contributed by atoms with van der Waals surface area (Å²) in [7, 11) is -2.69. The van der Waals surface area contributed by atoms with Gasteiger partial charge in [-0.2, -0.15) is 9.78 Å². The van der Waals surface area contributed by atoms with Crippen molar-refractivity contribution in [3.63, 3.8) is 0 Å². The van der Waals surface area contributed by atoms with E-state index in [1.807, 2.05) is 0 Å². The summed E-state index contributed by atoms with van der Waals surface area (Å²) in [5, 5.41) is 16.6. The number of hydrogen-bond donors (Lipinski definition) is 3. The highest BCUT2D eigenvalue weighted by molar-refractivity contribution is 7.89. The van der Waals surface area contributed by atoms with Crippen LogP contribution in [0.25, 0.3) is 5.69 Å². The number of rotatable bonds is 11. The van der Waals surface area contributed by atoms with Gasteiger partial charge in [-0.1, -0.05) is 0 Å². The lowest BCUT2D eigenvalue weighted by molar-refractivity contribution is -0.117. The van der Waals surface area contributed by atoms with Crippen molar-refractivity contribution in [1.82, 2.24) is 14.5 Å². The molecule has 0 radical (unpaired) electrons. The van der Waals surface area contributed by atoms with Crippen LogP contribution in [0.1, 0.15) is 34.7 Å². The van der Waals surface area contributed by atoms with Gasteiger partial charge in [0.1, 0.15) is 22.2 Å². The normalized spacial score (nSPS) is 13.2. The minimum atomic E-state index is -4.21. The van der Waals surface area contributed by atoms with Gasteiger partial charge in [0.25, 0.3) is 0 Å². The number of carboxylic acids is 1. The molecule has 12 nitrogen and oxygen atoms in total. The number of aromatic carboxylic acids is 1. The molecular weight excluding hydrogens is 540 g/mol. The van der Waals surface area contributed by atoms with Gasteiger partial charge >= 0.3 is 5.97 Å². The number of furan rings is 1. The average molecular weight is 567 g/mol. The fourth-order valence-electron chi connectivity index (χ4n) is 3.93. The van der Waals surface area contributed by atoms with E-state index in [0.29, 0.717) is 17.2 Å². The molecule has 0 saturated heterocycles. The minimum absolute atomic E-state index is 0.000169. The first-order valence-electron chi connectivity index (χ1n) is 12.3. The van der Waals surface area contributed by atoms with Gasteiger partial charge in [0.2, 0.25) is 21.8 Å². The summed E-state index contributed by atoms with van der Waals surface area (Å²) in [6.07, 6.45) is 2.99. The van der Waals surface area contributed by atoms with Crippen LogP contribution >= 0.6 is 0 Å². The molecule has 2 aromatic carbocycles. The van der Waals surface area contributed by atoms with Crippen molar-refractivity contribution < 1.29 is 37.0 Å². The molecule has 4 aromatic rings. The molecule has 1 saturated carbocycles. The summed E-state index contributed by atoms with van der Waals surface area (Å²) in [6.45, 7) is 1.39. The number of hydrogen-bond acceptors (Lipinski definition) is 8. The van der Waals surface area contributed by atoms with E-state index in [0.717, 1.165) is 12.8 Å². The fourth-order valence-corrected chi connectivity index (χ4v) is 5.08. The van der Waals surface area contributed by atoms with Crippen molar-refractivity contribution in [2.45, 2.75) is 31.2 Å². The first-order chi connectivity index (χ1) is 19.2. The zero-order valence-electron chi connectivity index (χ0n) is 21.6. The molecule has 1 aliphatic rings. The predicted molar refractivity (Wildman–Crippen MR) is 142 cm³/mol. The molecule has 3 N–H and O–H groups in total. The molecule has 0 atom stereocenters. The highest BCUT2D eigenvalue weighted by Crippen LogP contribution is 2.36. The van der Waals surface area contributed by atoms with Crippen LogP contribution in [-0.4, -0.2) is 42.3 Å². The number of carboxylic acid groups (broad SMARTS) is 1. The molecule has 208 valence electrons. The maximum Gasteiger partial charge on any atom is 0.356 e. The van der Waals surface area contributed by atoms with Crippen molar-refractivity contribution >= 4 is 27.6 Å². The predicted octanol–water partition coefficient (Wildman–Crippen LogP) is 4.10. The Hall–Kier alpha value is -4.62. The molecule has 13 heteroatoms. The first kappa shape index (κ1) is 27.0. The van der Waals surface area contributed by atoms with E-state index in [-0.39, 0.29) is 51.8 Å². The minimum Gasteiger partial charge on any atom is -0.497 e. The Morgan fingerprint density at radius 3 is 2.52 bits per heavy atom. The molecule has 5 rings (SSSR count). The Kier molecular flexibility index (Phi) is 7.32. The second kappa shape index (κ2) is 10.9. The van der Waals surface area contributed by atoms with E-state index in [2.05, 4.69) is 15.1 Å². The average Bonchev–Trinajstić information content (AvgIpc) is 3.57. The molecule has 0 unspecified atom stereocenters. The Bertz CT molecular complexity index is 1660. The van der Waals surface area contributed by atoms with Gasteiger partial charge in [0.05, 0.1) is 25.6 Å². The number of amides is 1. The number of nitrogens with one attached hydrogen (secondary N) is 2. The number of nitrogens with zero attached hydrogens (tertiary/aromatic N) is 2. The topological polar surface area (TPSA) is 162 Å². The van der Waals surface area contributed by atoms with E-state index in [1.54, 1.807) is 36.4 Å². The molecule has 0 spiro atoms. The zero-order chi connectivity index (χ0) is 28.4. The Morgan fingerprint density at radius 1 is 1.15 bits per heavy atom. The van der Waals surface area contributed by atoms with Crippen molar-refractivity contribution in [1.29, 1.82) is 0 Å². The maximum absolute atomic E-state index is 13.5. The number of benzene rings is 2. The van der Waals surface area contributed by atoms with Gasteiger partial charge in [-0.15, -0.1) is 0 Å². The van der Waals surface area contributed by atoms with Crippen LogP contribution in [0, 0.1) is 12.8 Å². The standard InChI is InChI=1S/C27H26N4O8S/c1-16-24(27(33)34)30-31(19-8-10-20(37-2)11-9-19)26(16)39-22-12-7-18(29-25(32)17-5-6-17)14-23(22)40(35,36)28-15-21-4-3-13-38-21/h3-4,7-14,17,28H,5-6,15H2,1-2H3,(H,29,32)(H,33,34). The smallest absolute Gasteiger partial charge is 0.356 e. The van der Waals surface area contributed by atoms with Gasteiger partial charge < -0.3 is 24.3 Å². The molecule has 0 aliphatic heterocycles. The Morgan fingerprint density at radius 2 is 1.90 bits per heavy atom. The number of sulfonamides is 1. The maximum atomic E-state index is 13.5. The van der Waals surface area contributed by atoms with Gasteiger partial charge in [-0.05, 0) is 74.4 Å². The quantitative estimate of drug-likeness (QED) is 0.243. The van der Waals surface area contributed by atoms with Crippen molar-refractivity contribution in [3.05, 3.63) is 77.9 Å². The van der Waals surface area contributed by atoms with Crippen LogP contribution in [0.4, 0.5) is 5.69 Å². The van der Waals surface area contributed by atoms with E-state index >= 15 is 0 Å². The number of anilines is 1. The summed E-state index contributed by atoms with van der Waals surface area (Å²) in [4.78, 5) is 24.0. The summed E-state index contributed by atoms with van der Waals surface area (Å²) >= 11 is 0. The lowest BCUT2D eigenvalue weighted by Crippen LogP contribution is -2.24. The van der Waals surface area contributed by atoms with Crippen LogP contribution in [0.15, 0.2) is 70.2 Å². The zero-order valence-corrected chi connectivity index (χ0v) is 22.4. The number of carbonyl (C=O) groups is 2. The summed E-state index contributed by atoms with van der Waals surface area (Å²) < 4.78 is 47.2. The van der Waals surface area contributed by atoms with Crippen molar-refractivity contribution in [2.75, 3.05) is 12.4 Å². The third-order valence-corrected chi connectivity index (χ3v) is 7.68. The first-order valence-corrected chi connectivity index (χ1v) is 13.8. The highest BCUT2D eigenvalue weighted by atomic mass is 32.2. The second-order valence-electron chi connectivity index (χ2n) is 9.12. The van der Waals surface area contributed by atoms with E-state index in [4.69, 9.17) is 13.9 Å². The third kappa shape index (κ3) is 5.70. The molecule has 0 bridgehead atoms. The molecule has 1 amide bonds. The van der Waals surface area contributed by atoms with E-state index < -0.39 is 16.0 Å². The molecule has 1 fully saturated rings. The van der Waals surface area contributed by atoms with Crippen LogP contribution in [0.2, 0.25) is 0 Å². The number of carbonyl (C=O) groups excluding carboxylic acids is 1. The number of ether oxygens (including phenoxy) is 2. The van der Waals surface area contributed by atoms with Gasteiger partial charge in [0, 0.05) is 17.2 Å². The summed E-state index contributed by atoms with van der Waals surface area (Å²) in [5.74, 6) is -0.701. The summed E-state index contributed by atoms with van der Waals surface area (Å²) in [5.41, 5.74) is 0.648. The molecule has 1 aliphatic carbocycles. The van der Waals surface area contributed by atoms with E-state index in [1.165, 1.54) is 43.2 Å². The van der Waals surface area contributed by atoms with Gasteiger partial charge in [-0.3, -0.25) is 4.79 Å². The Labute approximate surface area is 229 Å². The largest absolute Gasteiger partial charge is 0.497 e. The number of aromatic nitrogens is 2. The molecular formula is C27H26N4O8S. The molecule has 2 aromatic heterocycles. The SMILES string of the molecule is COc1ccc(-n2nc(C(=O)O)c(C)c2Oc2ccc(NC(=O)C3CC3)cc2S(=O)(=O)NCc2ccco2)cc1. The monoisotopic (exact) mass is 566 g/mol. The molecule has 40 heavy (non-hydrogen) atoms. The number of methoxy groups -OCH3 is 1. The van der Waals surface area contributed by atoms with Gasteiger partial charge in [0.15, 0.2) is 5.69 Å². The van der Waals surface area contributed by atoms with E-state index in [9.17, 15) is 23.1 Å². The van der Waals surface area contributed by atoms with Crippen molar-refractivity contribution in [3.8, 4) is 23.1 Å². The Balaban J connectivity index is 1.56. The van der Waals surface area contributed by atoms with Crippen LogP contribution < -0.4 is 19.5 Å². The highest BCUT2D eigenvalue weighted by Gasteiger charge is 2.31. The van der Waals surface area contributed by atoms with Crippen LogP contribution in [-0.2, 0) is 21.4 Å². The molecule has 2 heterocycles. The van der Waals surface area contributed by atoms with Crippen molar-refractivity contribution in [2.24, 2.45) is 5.92 Å². The second-order valence-corrected chi connectivity index (χ2v) is 10.9. The van der Waals surface area contributed by atoms with Crippen LogP contribution in [0.3, 0.4) is 0 Å². The van der Waals surface area contributed by atoms with Crippen LogP contribution in [0.5, 0.6) is 17.4 Å². The fraction of sp³-hybridized carbons (Fsp3) is 0.222. The van der Waals surface area contributed by atoms with Gasteiger partial charge in [-0.25, -0.2) is 17.9 Å².